The Kier molecular flexibility index (Phi) is 12.1. The van der Waals surface area contributed by atoms with Crippen LogP contribution in [-0.2, 0) is 20.1 Å². The number of rotatable bonds is 17. The fraction of sp³-hybridized carbons (Fsp3) is 0.560. The lowest BCUT2D eigenvalue weighted by Crippen LogP contribution is -2.41. The topological polar surface area (TPSA) is 18.5 Å². The molecule has 0 spiro atoms. The normalized spacial score (nSPS) is 18.9. The SMILES string of the molecule is C/C=C\C1=C(C)c2ccc(-c3ccc4c(c3)C(C)(C)c3cc(B5OC(C)(C)C(C)(C)O5)ccc3-4)cc2C1(CCCCCCCC)CCCCCCCC. The van der Waals surface area contributed by atoms with Gasteiger partial charge in [-0.25, -0.2) is 0 Å². The third kappa shape index (κ3) is 7.56. The van der Waals surface area contributed by atoms with E-state index in [9.17, 15) is 0 Å². The summed E-state index contributed by atoms with van der Waals surface area (Å²) in [6, 6.07) is 21.6. The van der Waals surface area contributed by atoms with Crippen LogP contribution < -0.4 is 5.46 Å². The second-order valence-corrected chi connectivity index (χ2v) is 18.2. The molecule has 6 rings (SSSR count). The van der Waals surface area contributed by atoms with Crippen LogP contribution in [0.5, 0.6) is 0 Å². The summed E-state index contributed by atoms with van der Waals surface area (Å²) in [5.41, 5.74) is 14.6. The van der Waals surface area contributed by atoms with Crippen LogP contribution in [-0.4, -0.2) is 18.3 Å². The van der Waals surface area contributed by atoms with Crippen molar-refractivity contribution in [2.75, 3.05) is 0 Å². The first kappa shape index (κ1) is 39.8. The molecule has 1 heterocycles. The minimum atomic E-state index is -0.359. The highest BCUT2D eigenvalue weighted by atomic mass is 16.7. The van der Waals surface area contributed by atoms with Crippen LogP contribution >= 0.6 is 0 Å². The van der Waals surface area contributed by atoms with E-state index < -0.39 is 0 Å². The lowest BCUT2D eigenvalue weighted by atomic mass is 9.69. The first-order valence-corrected chi connectivity index (χ1v) is 21.5. The standard InChI is InChI=1S/C50H69BO2/c1-11-14-16-18-20-22-31-50(32-23-21-19-17-15-12-2)43(24-13-3)36(4)40-28-25-38(34-46(40)50)37-26-29-41-42-30-27-39(35-45(42)47(5,6)44(41)33-37)51-52-48(7,8)49(9,10)53-51/h13,24-30,33-35H,11-12,14-23,31-32H2,1-10H3/b24-13-. The summed E-state index contributed by atoms with van der Waals surface area (Å²) < 4.78 is 13.0. The Labute approximate surface area is 324 Å². The second-order valence-electron chi connectivity index (χ2n) is 18.2. The summed E-state index contributed by atoms with van der Waals surface area (Å²) in [6.45, 7) is 22.5. The lowest BCUT2D eigenvalue weighted by Gasteiger charge is -2.34. The smallest absolute Gasteiger partial charge is 0.399 e. The summed E-state index contributed by atoms with van der Waals surface area (Å²) in [5.74, 6) is 0. The van der Waals surface area contributed by atoms with Crippen LogP contribution in [0, 0.1) is 0 Å². The van der Waals surface area contributed by atoms with Crippen molar-refractivity contribution in [3.05, 3.63) is 94.6 Å². The maximum absolute atomic E-state index is 6.48. The molecule has 2 nitrogen and oxygen atoms in total. The Hall–Kier alpha value is -2.88. The predicted octanol–water partition coefficient (Wildman–Crippen LogP) is 14.1. The molecule has 0 radical (unpaired) electrons. The van der Waals surface area contributed by atoms with Gasteiger partial charge in [0.2, 0.25) is 0 Å². The van der Waals surface area contributed by atoms with Gasteiger partial charge in [-0.1, -0.05) is 159 Å². The zero-order valence-electron chi connectivity index (χ0n) is 35.1. The van der Waals surface area contributed by atoms with Crippen molar-refractivity contribution in [3.8, 4) is 22.3 Å². The van der Waals surface area contributed by atoms with Crippen LogP contribution in [0.4, 0.5) is 0 Å². The number of allylic oxidation sites excluding steroid dienone is 4. The van der Waals surface area contributed by atoms with Crippen molar-refractivity contribution >= 4 is 18.2 Å². The first-order valence-electron chi connectivity index (χ1n) is 21.5. The fourth-order valence-corrected chi connectivity index (χ4v) is 9.69. The fourth-order valence-electron chi connectivity index (χ4n) is 9.69. The summed E-state index contributed by atoms with van der Waals surface area (Å²) in [5, 5.41) is 0. The lowest BCUT2D eigenvalue weighted by molar-refractivity contribution is 0.00578. The summed E-state index contributed by atoms with van der Waals surface area (Å²) in [7, 11) is -0.357. The molecule has 0 unspecified atom stereocenters. The van der Waals surface area contributed by atoms with Gasteiger partial charge in [0.25, 0.3) is 0 Å². The molecule has 3 aliphatic rings. The molecule has 3 aromatic rings. The molecule has 3 heteroatoms. The predicted molar refractivity (Wildman–Crippen MR) is 230 cm³/mol. The number of fused-ring (bicyclic) bond motifs is 4. The van der Waals surface area contributed by atoms with E-state index in [2.05, 4.69) is 136 Å². The molecule has 1 fully saturated rings. The van der Waals surface area contributed by atoms with E-state index in [1.165, 1.54) is 134 Å². The van der Waals surface area contributed by atoms with E-state index in [1.807, 2.05) is 0 Å². The third-order valence-electron chi connectivity index (χ3n) is 13.7. The molecule has 0 amide bonds. The maximum atomic E-state index is 6.48. The average Bonchev–Trinajstić information content (AvgIpc) is 3.60. The Morgan fingerprint density at radius 3 is 1.58 bits per heavy atom. The van der Waals surface area contributed by atoms with Gasteiger partial charge < -0.3 is 9.31 Å². The van der Waals surface area contributed by atoms with E-state index in [0.29, 0.717) is 0 Å². The van der Waals surface area contributed by atoms with Gasteiger partial charge in [-0.05, 0) is 128 Å². The highest BCUT2D eigenvalue weighted by Crippen LogP contribution is 2.55. The van der Waals surface area contributed by atoms with Gasteiger partial charge in [0.15, 0.2) is 0 Å². The van der Waals surface area contributed by atoms with Crippen molar-refractivity contribution in [2.45, 2.75) is 181 Å². The van der Waals surface area contributed by atoms with Gasteiger partial charge in [-0.2, -0.15) is 0 Å². The minimum absolute atomic E-state index is 0.0909. The molecule has 53 heavy (non-hydrogen) atoms. The quantitative estimate of drug-likeness (QED) is 0.102. The van der Waals surface area contributed by atoms with Crippen LogP contribution in [0.15, 0.2) is 72.3 Å². The number of hydrogen-bond donors (Lipinski definition) is 0. The Balaban J connectivity index is 1.33. The highest BCUT2D eigenvalue weighted by Gasteiger charge is 2.52. The van der Waals surface area contributed by atoms with Crippen LogP contribution in [0.1, 0.15) is 181 Å². The molecule has 1 aliphatic heterocycles. The van der Waals surface area contributed by atoms with Crippen LogP contribution in [0.25, 0.3) is 27.8 Å². The summed E-state index contributed by atoms with van der Waals surface area (Å²) >= 11 is 0. The van der Waals surface area contributed by atoms with Crippen molar-refractivity contribution in [2.24, 2.45) is 0 Å². The van der Waals surface area contributed by atoms with Crippen molar-refractivity contribution in [3.63, 3.8) is 0 Å². The molecule has 0 saturated carbocycles. The summed E-state index contributed by atoms with van der Waals surface area (Å²) in [4.78, 5) is 0. The minimum Gasteiger partial charge on any atom is -0.399 e. The molecule has 0 atom stereocenters. The molecule has 0 N–H and O–H groups in total. The molecular weight excluding hydrogens is 643 g/mol. The number of hydrogen-bond acceptors (Lipinski definition) is 2. The molecule has 1 saturated heterocycles. The average molecular weight is 713 g/mol. The number of benzene rings is 3. The van der Waals surface area contributed by atoms with Gasteiger partial charge in [0.05, 0.1) is 11.2 Å². The second kappa shape index (κ2) is 16.1. The van der Waals surface area contributed by atoms with Gasteiger partial charge in [-0.3, -0.25) is 0 Å². The highest BCUT2D eigenvalue weighted by molar-refractivity contribution is 6.62. The van der Waals surface area contributed by atoms with Crippen LogP contribution in [0.2, 0.25) is 0 Å². The molecule has 2 aliphatic carbocycles. The van der Waals surface area contributed by atoms with E-state index in [4.69, 9.17) is 9.31 Å². The Morgan fingerprint density at radius 2 is 1.04 bits per heavy atom. The van der Waals surface area contributed by atoms with E-state index in [0.717, 1.165) is 5.46 Å². The third-order valence-corrected chi connectivity index (χ3v) is 13.7. The van der Waals surface area contributed by atoms with Gasteiger partial charge >= 0.3 is 7.12 Å². The molecule has 3 aromatic carbocycles. The Morgan fingerprint density at radius 1 is 0.566 bits per heavy atom. The molecular formula is C50H69BO2. The monoisotopic (exact) mass is 713 g/mol. The van der Waals surface area contributed by atoms with Crippen molar-refractivity contribution in [1.82, 2.24) is 0 Å². The zero-order chi connectivity index (χ0) is 38.0. The van der Waals surface area contributed by atoms with Crippen LogP contribution in [0.3, 0.4) is 0 Å². The maximum Gasteiger partial charge on any atom is 0.494 e. The first-order chi connectivity index (χ1) is 25.3. The molecule has 0 bridgehead atoms. The Bertz CT molecular complexity index is 1790. The number of unbranched alkanes of at least 4 members (excludes halogenated alkanes) is 10. The summed E-state index contributed by atoms with van der Waals surface area (Å²) in [6.07, 6.45) is 23.3. The molecule has 284 valence electrons. The zero-order valence-corrected chi connectivity index (χ0v) is 35.1. The molecule has 0 aromatic heterocycles. The van der Waals surface area contributed by atoms with E-state index in [1.54, 1.807) is 11.1 Å². The van der Waals surface area contributed by atoms with Crippen molar-refractivity contribution < 1.29 is 9.31 Å². The van der Waals surface area contributed by atoms with Gasteiger partial charge in [-0.15, -0.1) is 0 Å². The van der Waals surface area contributed by atoms with E-state index >= 15 is 0 Å². The largest absolute Gasteiger partial charge is 0.494 e. The van der Waals surface area contributed by atoms with Gasteiger partial charge in [0, 0.05) is 10.8 Å². The van der Waals surface area contributed by atoms with Crippen molar-refractivity contribution in [1.29, 1.82) is 0 Å². The van der Waals surface area contributed by atoms with E-state index in [-0.39, 0.29) is 29.2 Å². The van der Waals surface area contributed by atoms with Gasteiger partial charge in [0.1, 0.15) is 0 Å².